The number of rotatable bonds is 5. The molecule has 1 aliphatic rings. The van der Waals surface area contributed by atoms with Crippen LogP contribution in [0.3, 0.4) is 0 Å². The minimum absolute atomic E-state index is 0.314. The van der Waals surface area contributed by atoms with Crippen LogP contribution in [0.1, 0.15) is 38.3 Å². The fourth-order valence-corrected chi connectivity index (χ4v) is 4.36. The van der Waals surface area contributed by atoms with E-state index in [4.69, 9.17) is 0 Å². The first kappa shape index (κ1) is 15.0. The largest absolute Gasteiger partial charge is 0.309 e. The molecule has 2 unspecified atom stereocenters. The number of hydrogen-bond donors (Lipinski definition) is 1. The van der Waals surface area contributed by atoms with Gasteiger partial charge in [0.15, 0.2) is 4.96 Å². The summed E-state index contributed by atoms with van der Waals surface area (Å²) in [5, 5.41) is 5.73. The van der Waals surface area contributed by atoms with E-state index in [2.05, 4.69) is 58.4 Å². The Hall–Kier alpha value is -0.910. The van der Waals surface area contributed by atoms with Crippen LogP contribution in [0.5, 0.6) is 0 Å². The van der Waals surface area contributed by atoms with E-state index >= 15 is 0 Å². The second kappa shape index (κ2) is 6.07. The lowest BCUT2D eigenvalue weighted by Crippen LogP contribution is -2.54. The average Bonchev–Trinajstić information content (AvgIpc) is 2.99. The highest BCUT2D eigenvalue weighted by Crippen LogP contribution is 2.35. The minimum atomic E-state index is 0.314. The number of nitrogens with one attached hydrogen (secondary N) is 1. The van der Waals surface area contributed by atoms with E-state index in [0.717, 1.165) is 29.7 Å². The topological polar surface area (TPSA) is 32.6 Å². The highest BCUT2D eigenvalue weighted by molar-refractivity contribution is 7.15. The molecule has 3 rings (SSSR count). The molecule has 2 heterocycles. The standard InChI is InChI=1S/C16H26N4S/c1-13-5-4-6-16(9-13,19(2)3)12-17-10-14-11-20-7-8-21-15(20)18-14/h7-8,11,13,17H,4-6,9-10,12H2,1-3H3. The summed E-state index contributed by atoms with van der Waals surface area (Å²) in [6.45, 7) is 4.30. The predicted molar refractivity (Wildman–Crippen MR) is 88.8 cm³/mol. The van der Waals surface area contributed by atoms with E-state index in [9.17, 15) is 0 Å². The maximum absolute atomic E-state index is 4.64. The molecule has 0 spiro atoms. The maximum atomic E-state index is 4.64. The quantitative estimate of drug-likeness (QED) is 0.922. The summed E-state index contributed by atoms with van der Waals surface area (Å²) in [5.74, 6) is 0.834. The summed E-state index contributed by atoms with van der Waals surface area (Å²) in [4.78, 5) is 8.16. The molecular weight excluding hydrogens is 280 g/mol. The van der Waals surface area contributed by atoms with Gasteiger partial charge in [-0.2, -0.15) is 0 Å². The number of imidazole rings is 1. The van der Waals surface area contributed by atoms with Crippen LogP contribution in [0.15, 0.2) is 17.8 Å². The maximum Gasteiger partial charge on any atom is 0.193 e. The summed E-state index contributed by atoms with van der Waals surface area (Å²) in [5.41, 5.74) is 1.45. The third kappa shape index (κ3) is 3.15. The Kier molecular flexibility index (Phi) is 4.33. The zero-order valence-electron chi connectivity index (χ0n) is 13.3. The lowest BCUT2D eigenvalue weighted by molar-refractivity contribution is 0.0749. The van der Waals surface area contributed by atoms with E-state index in [0.29, 0.717) is 5.54 Å². The van der Waals surface area contributed by atoms with Gasteiger partial charge in [0.1, 0.15) is 0 Å². The van der Waals surface area contributed by atoms with Crippen LogP contribution >= 0.6 is 11.3 Å². The van der Waals surface area contributed by atoms with E-state index in [-0.39, 0.29) is 0 Å². The zero-order valence-corrected chi connectivity index (χ0v) is 14.1. The summed E-state index contributed by atoms with van der Waals surface area (Å²) in [7, 11) is 4.46. The minimum Gasteiger partial charge on any atom is -0.309 e. The Morgan fingerprint density at radius 3 is 3.10 bits per heavy atom. The van der Waals surface area contributed by atoms with Crippen molar-refractivity contribution < 1.29 is 0 Å². The first-order valence-corrected chi connectivity index (χ1v) is 8.76. The normalized spacial score (nSPS) is 26.8. The van der Waals surface area contributed by atoms with Crippen LogP contribution in [-0.2, 0) is 6.54 Å². The first-order chi connectivity index (χ1) is 10.1. The van der Waals surface area contributed by atoms with E-state index in [1.165, 1.54) is 25.7 Å². The summed E-state index contributed by atoms with van der Waals surface area (Å²) in [6, 6.07) is 0. The van der Waals surface area contributed by atoms with Crippen molar-refractivity contribution in [2.24, 2.45) is 5.92 Å². The van der Waals surface area contributed by atoms with Gasteiger partial charge in [0, 0.05) is 36.4 Å². The van der Waals surface area contributed by atoms with E-state index in [1.54, 1.807) is 11.3 Å². The predicted octanol–water partition coefficient (Wildman–Crippen LogP) is 3.00. The van der Waals surface area contributed by atoms with Crippen molar-refractivity contribution in [2.75, 3.05) is 20.6 Å². The molecule has 0 aliphatic heterocycles. The van der Waals surface area contributed by atoms with Crippen LogP contribution in [0.4, 0.5) is 0 Å². The number of likely N-dealkylation sites (N-methyl/N-ethyl adjacent to an activating group) is 1. The SMILES string of the molecule is CC1CCCC(CNCc2cn3ccsc3n2)(N(C)C)C1. The molecule has 2 aromatic heterocycles. The van der Waals surface area contributed by atoms with Gasteiger partial charge < -0.3 is 10.2 Å². The van der Waals surface area contributed by atoms with Crippen molar-refractivity contribution in [3.63, 3.8) is 0 Å². The van der Waals surface area contributed by atoms with Gasteiger partial charge in [0.05, 0.1) is 5.69 Å². The smallest absolute Gasteiger partial charge is 0.193 e. The van der Waals surface area contributed by atoms with Gasteiger partial charge in [-0.05, 0) is 32.9 Å². The Morgan fingerprint density at radius 2 is 2.38 bits per heavy atom. The van der Waals surface area contributed by atoms with Crippen molar-refractivity contribution in [3.8, 4) is 0 Å². The van der Waals surface area contributed by atoms with Crippen molar-refractivity contribution in [1.82, 2.24) is 19.6 Å². The number of fused-ring (bicyclic) bond motifs is 1. The van der Waals surface area contributed by atoms with Gasteiger partial charge in [-0.15, -0.1) is 11.3 Å². The van der Waals surface area contributed by atoms with Gasteiger partial charge in [-0.25, -0.2) is 4.98 Å². The lowest BCUT2D eigenvalue weighted by atomic mass is 9.75. The molecule has 2 aromatic rings. The van der Waals surface area contributed by atoms with Gasteiger partial charge in [-0.3, -0.25) is 4.40 Å². The number of aromatic nitrogens is 2. The third-order valence-corrected chi connectivity index (χ3v) is 5.69. The Balaban J connectivity index is 1.60. The van der Waals surface area contributed by atoms with Crippen molar-refractivity contribution in [2.45, 2.75) is 44.7 Å². The van der Waals surface area contributed by atoms with Gasteiger partial charge >= 0.3 is 0 Å². The fraction of sp³-hybridized carbons (Fsp3) is 0.688. The molecule has 1 fully saturated rings. The molecule has 0 amide bonds. The molecule has 21 heavy (non-hydrogen) atoms. The van der Waals surface area contributed by atoms with Crippen molar-refractivity contribution in [1.29, 1.82) is 0 Å². The van der Waals surface area contributed by atoms with Crippen LogP contribution in [0.25, 0.3) is 4.96 Å². The van der Waals surface area contributed by atoms with Gasteiger partial charge in [0.25, 0.3) is 0 Å². The van der Waals surface area contributed by atoms with E-state index < -0.39 is 0 Å². The third-order valence-electron chi connectivity index (χ3n) is 4.92. The zero-order chi connectivity index (χ0) is 14.9. The second-order valence-electron chi connectivity index (χ2n) is 6.75. The molecular formula is C16H26N4S. The monoisotopic (exact) mass is 306 g/mol. The van der Waals surface area contributed by atoms with Crippen LogP contribution in [0.2, 0.25) is 0 Å². The summed E-state index contributed by atoms with van der Waals surface area (Å²) >= 11 is 1.69. The van der Waals surface area contributed by atoms with Crippen LogP contribution in [0, 0.1) is 5.92 Å². The van der Waals surface area contributed by atoms with Crippen LogP contribution < -0.4 is 5.32 Å². The molecule has 1 aliphatic carbocycles. The summed E-state index contributed by atoms with van der Waals surface area (Å²) < 4.78 is 2.10. The Morgan fingerprint density at radius 1 is 1.52 bits per heavy atom. The number of nitrogens with zero attached hydrogens (tertiary/aromatic N) is 3. The number of hydrogen-bond acceptors (Lipinski definition) is 4. The molecule has 116 valence electrons. The molecule has 0 radical (unpaired) electrons. The Bertz CT molecular complexity index is 559. The Labute approximate surface area is 131 Å². The summed E-state index contributed by atoms with van der Waals surface area (Å²) in [6.07, 6.45) is 9.53. The first-order valence-electron chi connectivity index (χ1n) is 7.88. The molecule has 0 aromatic carbocycles. The average molecular weight is 306 g/mol. The van der Waals surface area contributed by atoms with Crippen molar-refractivity contribution >= 4 is 16.3 Å². The van der Waals surface area contributed by atoms with E-state index in [1.807, 2.05) is 0 Å². The molecule has 1 N–H and O–H groups in total. The second-order valence-corrected chi connectivity index (χ2v) is 7.62. The highest BCUT2D eigenvalue weighted by atomic mass is 32.1. The molecule has 0 bridgehead atoms. The molecule has 0 saturated heterocycles. The molecule has 1 saturated carbocycles. The molecule has 2 atom stereocenters. The molecule has 5 heteroatoms. The van der Waals surface area contributed by atoms with Crippen molar-refractivity contribution in [3.05, 3.63) is 23.5 Å². The van der Waals surface area contributed by atoms with Crippen LogP contribution in [-0.4, -0.2) is 40.5 Å². The highest BCUT2D eigenvalue weighted by Gasteiger charge is 2.36. The van der Waals surface area contributed by atoms with Gasteiger partial charge in [-0.1, -0.05) is 19.8 Å². The van der Waals surface area contributed by atoms with Gasteiger partial charge in [0.2, 0.25) is 0 Å². The number of thiazole rings is 1. The lowest BCUT2D eigenvalue weighted by Gasteiger charge is -2.45. The molecule has 4 nitrogen and oxygen atoms in total. The fourth-order valence-electron chi connectivity index (χ4n) is 3.64.